The van der Waals surface area contributed by atoms with E-state index in [0.717, 1.165) is 76.6 Å². The summed E-state index contributed by atoms with van der Waals surface area (Å²) in [4.78, 5) is 21.2. The van der Waals surface area contributed by atoms with Gasteiger partial charge in [0.2, 0.25) is 5.91 Å². The molecule has 0 aliphatic carbocycles. The average molecular weight is 545 g/mol. The zero-order valence-electron chi connectivity index (χ0n) is 18.5. The lowest BCUT2D eigenvalue weighted by Gasteiger charge is -2.26. The summed E-state index contributed by atoms with van der Waals surface area (Å²) < 4.78 is 11.4. The minimum Gasteiger partial charge on any atom is -0.492 e. The van der Waals surface area contributed by atoms with E-state index in [0.29, 0.717) is 19.1 Å². The highest BCUT2D eigenvalue weighted by Crippen LogP contribution is 2.19. The molecule has 2 heterocycles. The molecule has 2 aliphatic heterocycles. The Hall–Kier alpha value is -1.59. The van der Waals surface area contributed by atoms with Gasteiger partial charge in [-0.1, -0.05) is 18.2 Å². The van der Waals surface area contributed by atoms with Crippen LogP contribution in [0.2, 0.25) is 0 Å². The van der Waals surface area contributed by atoms with Crippen molar-refractivity contribution in [2.45, 2.75) is 26.3 Å². The minimum absolute atomic E-state index is 0. The number of amides is 1. The van der Waals surface area contributed by atoms with Crippen LogP contribution in [0.3, 0.4) is 0 Å². The van der Waals surface area contributed by atoms with Crippen LogP contribution in [0, 0.1) is 0 Å². The molecule has 0 saturated carbocycles. The van der Waals surface area contributed by atoms with Crippen LogP contribution in [-0.4, -0.2) is 87.3 Å². The van der Waals surface area contributed by atoms with Gasteiger partial charge in [0.1, 0.15) is 12.4 Å². The van der Waals surface area contributed by atoms with Gasteiger partial charge >= 0.3 is 0 Å². The number of rotatable bonds is 9. The van der Waals surface area contributed by atoms with Gasteiger partial charge in [-0.2, -0.15) is 0 Å². The first-order valence-corrected chi connectivity index (χ1v) is 11.1. The molecule has 0 spiro atoms. The molecule has 0 unspecified atom stereocenters. The fraction of sp³-hybridized carbons (Fsp3) is 0.636. The van der Waals surface area contributed by atoms with E-state index in [1.54, 1.807) is 0 Å². The van der Waals surface area contributed by atoms with E-state index in [2.05, 4.69) is 20.5 Å². The Bertz CT molecular complexity index is 691. The maximum absolute atomic E-state index is 12.3. The summed E-state index contributed by atoms with van der Waals surface area (Å²) in [6.07, 6.45) is 2.20. The Morgan fingerprint density at radius 2 is 1.87 bits per heavy atom. The molecule has 2 saturated heterocycles. The molecule has 2 aliphatic rings. The van der Waals surface area contributed by atoms with E-state index in [4.69, 9.17) is 9.47 Å². The summed E-state index contributed by atoms with van der Waals surface area (Å²) in [6, 6.07) is 8.00. The molecule has 0 atom stereocenters. The van der Waals surface area contributed by atoms with Gasteiger partial charge in [-0.3, -0.25) is 9.69 Å². The summed E-state index contributed by atoms with van der Waals surface area (Å²) >= 11 is 0. The van der Waals surface area contributed by atoms with Crippen LogP contribution in [0.4, 0.5) is 0 Å². The quantitative estimate of drug-likeness (QED) is 0.280. The summed E-state index contributed by atoms with van der Waals surface area (Å²) in [7, 11) is 0. The van der Waals surface area contributed by atoms with Crippen molar-refractivity contribution in [3.05, 3.63) is 29.8 Å². The minimum atomic E-state index is 0. The first kappa shape index (κ1) is 25.7. The highest BCUT2D eigenvalue weighted by molar-refractivity contribution is 14.0. The molecule has 31 heavy (non-hydrogen) atoms. The number of carbonyl (C=O) groups is 1. The third kappa shape index (κ3) is 8.82. The van der Waals surface area contributed by atoms with E-state index in [-0.39, 0.29) is 36.4 Å². The first-order valence-electron chi connectivity index (χ1n) is 11.1. The van der Waals surface area contributed by atoms with Crippen LogP contribution in [0.5, 0.6) is 5.75 Å². The number of para-hydroxylation sites is 1. The van der Waals surface area contributed by atoms with E-state index in [1.807, 2.05) is 36.1 Å². The van der Waals surface area contributed by atoms with Crippen LogP contribution in [-0.2, 0) is 16.1 Å². The number of benzene rings is 1. The molecule has 1 aromatic carbocycles. The molecule has 2 N–H and O–H groups in total. The molecule has 9 heteroatoms. The number of nitrogens with zero attached hydrogens (tertiary/aromatic N) is 3. The molecular formula is C22H36IN5O3. The van der Waals surface area contributed by atoms with Crippen molar-refractivity contribution < 1.29 is 14.3 Å². The van der Waals surface area contributed by atoms with Crippen LogP contribution in [0.1, 0.15) is 25.3 Å². The van der Waals surface area contributed by atoms with Crippen molar-refractivity contribution in [1.82, 2.24) is 20.4 Å². The van der Waals surface area contributed by atoms with E-state index in [1.165, 1.54) is 0 Å². The Labute approximate surface area is 202 Å². The maximum atomic E-state index is 12.3. The Morgan fingerprint density at radius 1 is 1.13 bits per heavy atom. The number of carbonyl (C=O) groups excluding carboxylic acids is 1. The SMILES string of the molecule is CCNC(=NCc1ccccc1OCCN1CCOCC1)NCC(=O)N1CCCC1.I. The summed E-state index contributed by atoms with van der Waals surface area (Å²) in [5.41, 5.74) is 1.03. The van der Waals surface area contributed by atoms with Crippen LogP contribution in [0.15, 0.2) is 29.3 Å². The molecule has 1 amide bonds. The fourth-order valence-electron chi connectivity index (χ4n) is 3.63. The largest absolute Gasteiger partial charge is 0.492 e. The Balaban J connectivity index is 0.00000341. The normalized spacial score (nSPS) is 17.2. The number of likely N-dealkylation sites (tertiary alicyclic amines) is 1. The average Bonchev–Trinajstić information content (AvgIpc) is 3.32. The van der Waals surface area contributed by atoms with E-state index in [9.17, 15) is 4.79 Å². The molecule has 3 rings (SSSR count). The van der Waals surface area contributed by atoms with Gasteiger partial charge in [0.15, 0.2) is 5.96 Å². The number of hydrogen-bond donors (Lipinski definition) is 2. The molecule has 0 bridgehead atoms. The zero-order valence-corrected chi connectivity index (χ0v) is 20.8. The lowest BCUT2D eigenvalue weighted by Crippen LogP contribution is -2.44. The lowest BCUT2D eigenvalue weighted by atomic mass is 10.2. The molecule has 0 radical (unpaired) electrons. The third-order valence-electron chi connectivity index (χ3n) is 5.36. The van der Waals surface area contributed by atoms with Gasteiger partial charge in [-0.25, -0.2) is 4.99 Å². The molecular weight excluding hydrogens is 509 g/mol. The molecule has 1 aromatic rings. The summed E-state index contributed by atoms with van der Waals surface area (Å²) in [6.45, 7) is 10.3. The van der Waals surface area contributed by atoms with Crippen molar-refractivity contribution in [3.8, 4) is 5.75 Å². The second-order valence-electron chi connectivity index (χ2n) is 7.55. The predicted molar refractivity (Wildman–Crippen MR) is 133 cm³/mol. The topological polar surface area (TPSA) is 78.4 Å². The number of nitrogens with one attached hydrogen (secondary N) is 2. The monoisotopic (exact) mass is 545 g/mol. The number of aliphatic imine (C=N–C) groups is 1. The van der Waals surface area contributed by atoms with Crippen molar-refractivity contribution >= 4 is 35.8 Å². The van der Waals surface area contributed by atoms with Crippen LogP contribution >= 0.6 is 24.0 Å². The van der Waals surface area contributed by atoms with E-state index >= 15 is 0 Å². The third-order valence-corrected chi connectivity index (χ3v) is 5.36. The van der Waals surface area contributed by atoms with Gasteiger partial charge in [0.05, 0.1) is 26.3 Å². The Kier molecular flexibility index (Phi) is 12.0. The summed E-state index contributed by atoms with van der Waals surface area (Å²) in [5.74, 6) is 1.64. The van der Waals surface area contributed by atoms with Crippen molar-refractivity contribution in [2.75, 3.05) is 65.6 Å². The molecule has 174 valence electrons. The predicted octanol–water partition coefficient (Wildman–Crippen LogP) is 1.69. The molecule has 8 nitrogen and oxygen atoms in total. The number of halogens is 1. The van der Waals surface area contributed by atoms with Gasteiger partial charge in [0, 0.05) is 44.8 Å². The maximum Gasteiger partial charge on any atom is 0.241 e. The summed E-state index contributed by atoms with van der Waals surface area (Å²) in [5, 5.41) is 6.37. The smallest absolute Gasteiger partial charge is 0.241 e. The fourth-order valence-corrected chi connectivity index (χ4v) is 3.63. The van der Waals surface area contributed by atoms with E-state index < -0.39 is 0 Å². The van der Waals surface area contributed by atoms with Gasteiger partial charge in [-0.05, 0) is 25.8 Å². The van der Waals surface area contributed by atoms with Gasteiger partial charge < -0.3 is 25.0 Å². The highest BCUT2D eigenvalue weighted by Gasteiger charge is 2.17. The van der Waals surface area contributed by atoms with Crippen LogP contribution < -0.4 is 15.4 Å². The highest BCUT2D eigenvalue weighted by atomic mass is 127. The molecule has 0 aromatic heterocycles. The van der Waals surface area contributed by atoms with Gasteiger partial charge in [-0.15, -0.1) is 24.0 Å². The van der Waals surface area contributed by atoms with Crippen LogP contribution in [0.25, 0.3) is 0 Å². The number of hydrogen-bond acceptors (Lipinski definition) is 5. The van der Waals surface area contributed by atoms with Crippen molar-refractivity contribution in [2.24, 2.45) is 4.99 Å². The van der Waals surface area contributed by atoms with Crippen molar-refractivity contribution in [1.29, 1.82) is 0 Å². The standard InChI is InChI=1S/C22H35N5O3.HI/c1-2-23-22(25-18-21(28)27-9-5-6-10-27)24-17-19-7-3-4-8-20(19)30-16-13-26-11-14-29-15-12-26;/h3-4,7-8H,2,5-6,9-18H2,1H3,(H2,23,24,25);1H. The second-order valence-corrected chi connectivity index (χ2v) is 7.55. The lowest BCUT2D eigenvalue weighted by molar-refractivity contribution is -0.128. The number of guanidine groups is 1. The number of ether oxygens (including phenoxy) is 2. The number of morpholine rings is 1. The second kappa shape index (κ2) is 14.5. The van der Waals surface area contributed by atoms with Crippen molar-refractivity contribution in [3.63, 3.8) is 0 Å². The van der Waals surface area contributed by atoms with Gasteiger partial charge in [0.25, 0.3) is 0 Å². The first-order chi connectivity index (χ1) is 14.8. The molecule has 2 fully saturated rings. The zero-order chi connectivity index (χ0) is 21.0. The Morgan fingerprint density at radius 3 is 2.61 bits per heavy atom.